The fraction of sp³-hybridized carbons (Fsp3) is 0.0714. The highest BCUT2D eigenvalue weighted by Gasteiger charge is 2.17. The molecule has 20 heavy (non-hydrogen) atoms. The maximum absolute atomic E-state index is 12.0. The number of rotatable bonds is 4. The SMILES string of the molecule is O=C(Nc1ccc(CBr)cc1[N+](=O)[O-])c1ccccc1. The Morgan fingerprint density at radius 2 is 1.90 bits per heavy atom. The Balaban J connectivity index is 2.29. The Kier molecular flexibility index (Phi) is 4.47. The first-order valence-corrected chi connectivity index (χ1v) is 6.93. The van der Waals surface area contributed by atoms with E-state index in [1.807, 2.05) is 0 Å². The van der Waals surface area contributed by atoms with Gasteiger partial charge in [-0.2, -0.15) is 0 Å². The van der Waals surface area contributed by atoms with Gasteiger partial charge in [0, 0.05) is 17.0 Å². The summed E-state index contributed by atoms with van der Waals surface area (Å²) in [6.45, 7) is 0. The van der Waals surface area contributed by atoms with Crippen LogP contribution < -0.4 is 5.32 Å². The van der Waals surface area contributed by atoms with Crippen LogP contribution in [-0.2, 0) is 5.33 Å². The molecule has 5 nitrogen and oxygen atoms in total. The molecule has 2 aromatic carbocycles. The van der Waals surface area contributed by atoms with Crippen molar-refractivity contribution < 1.29 is 9.72 Å². The zero-order valence-corrected chi connectivity index (χ0v) is 12.0. The van der Waals surface area contributed by atoms with E-state index in [4.69, 9.17) is 0 Å². The highest BCUT2D eigenvalue weighted by Crippen LogP contribution is 2.27. The Morgan fingerprint density at radius 3 is 2.50 bits per heavy atom. The van der Waals surface area contributed by atoms with Gasteiger partial charge in [0.1, 0.15) is 5.69 Å². The molecule has 6 heteroatoms. The molecule has 0 bridgehead atoms. The second-order valence-corrected chi connectivity index (χ2v) is 4.62. The number of nitro groups is 1. The predicted octanol–water partition coefficient (Wildman–Crippen LogP) is 3.74. The number of amides is 1. The third kappa shape index (κ3) is 3.21. The van der Waals surface area contributed by atoms with Crippen molar-refractivity contribution in [3.63, 3.8) is 0 Å². The molecule has 102 valence electrons. The zero-order chi connectivity index (χ0) is 14.5. The number of benzene rings is 2. The number of anilines is 1. The monoisotopic (exact) mass is 334 g/mol. The van der Waals surface area contributed by atoms with Crippen molar-refractivity contribution in [2.75, 3.05) is 5.32 Å². The van der Waals surface area contributed by atoms with E-state index in [9.17, 15) is 14.9 Å². The minimum atomic E-state index is -0.507. The van der Waals surface area contributed by atoms with Crippen molar-refractivity contribution in [1.82, 2.24) is 0 Å². The van der Waals surface area contributed by atoms with E-state index in [1.165, 1.54) is 12.1 Å². The molecule has 0 aromatic heterocycles. The lowest BCUT2D eigenvalue weighted by atomic mass is 10.1. The molecular weight excluding hydrogens is 324 g/mol. The number of carbonyl (C=O) groups is 1. The maximum Gasteiger partial charge on any atom is 0.293 e. The number of hydrogen-bond donors (Lipinski definition) is 1. The molecule has 0 spiro atoms. The molecule has 0 radical (unpaired) electrons. The first-order valence-electron chi connectivity index (χ1n) is 5.81. The number of nitrogens with zero attached hydrogens (tertiary/aromatic N) is 1. The van der Waals surface area contributed by atoms with Crippen LogP contribution in [0.2, 0.25) is 0 Å². The van der Waals surface area contributed by atoms with Gasteiger partial charge in [-0.25, -0.2) is 0 Å². The minimum absolute atomic E-state index is 0.119. The highest BCUT2D eigenvalue weighted by atomic mass is 79.9. The number of nitro benzene ring substituents is 1. The third-order valence-corrected chi connectivity index (χ3v) is 3.34. The van der Waals surface area contributed by atoms with E-state index in [-0.39, 0.29) is 17.3 Å². The number of nitrogens with one attached hydrogen (secondary N) is 1. The van der Waals surface area contributed by atoms with Gasteiger partial charge in [0.25, 0.3) is 11.6 Å². The van der Waals surface area contributed by atoms with Gasteiger partial charge in [0.05, 0.1) is 4.92 Å². The largest absolute Gasteiger partial charge is 0.316 e. The highest BCUT2D eigenvalue weighted by molar-refractivity contribution is 9.08. The van der Waals surface area contributed by atoms with Gasteiger partial charge in [0.2, 0.25) is 0 Å². The standard InChI is InChI=1S/C14H11BrN2O3/c15-9-10-6-7-12(13(8-10)17(19)20)16-14(18)11-4-2-1-3-5-11/h1-8H,9H2,(H,16,18). The third-order valence-electron chi connectivity index (χ3n) is 2.70. The molecule has 0 aliphatic heterocycles. The molecule has 0 unspecified atom stereocenters. The lowest BCUT2D eigenvalue weighted by Gasteiger charge is -2.07. The van der Waals surface area contributed by atoms with Crippen LogP contribution >= 0.6 is 15.9 Å². The normalized spacial score (nSPS) is 10.1. The number of alkyl halides is 1. The van der Waals surface area contributed by atoms with E-state index in [2.05, 4.69) is 21.2 Å². The summed E-state index contributed by atoms with van der Waals surface area (Å²) in [4.78, 5) is 22.5. The Morgan fingerprint density at radius 1 is 1.20 bits per heavy atom. The van der Waals surface area contributed by atoms with E-state index >= 15 is 0 Å². The summed E-state index contributed by atoms with van der Waals surface area (Å²) in [7, 11) is 0. The van der Waals surface area contributed by atoms with E-state index < -0.39 is 4.92 Å². The van der Waals surface area contributed by atoms with Gasteiger partial charge < -0.3 is 5.32 Å². The molecule has 1 amide bonds. The van der Waals surface area contributed by atoms with Crippen molar-refractivity contribution in [2.45, 2.75) is 5.33 Å². The molecule has 2 rings (SSSR count). The van der Waals surface area contributed by atoms with E-state index in [1.54, 1.807) is 36.4 Å². The van der Waals surface area contributed by atoms with Crippen molar-refractivity contribution >= 4 is 33.2 Å². The maximum atomic E-state index is 12.0. The lowest BCUT2D eigenvalue weighted by molar-refractivity contribution is -0.384. The van der Waals surface area contributed by atoms with E-state index in [0.717, 1.165) is 5.56 Å². The van der Waals surface area contributed by atoms with Crippen LogP contribution in [0, 0.1) is 10.1 Å². The minimum Gasteiger partial charge on any atom is -0.316 e. The number of carbonyl (C=O) groups excluding carboxylic acids is 1. The van der Waals surface area contributed by atoms with Crippen LogP contribution in [0.5, 0.6) is 0 Å². The Bertz CT molecular complexity index is 644. The predicted molar refractivity (Wildman–Crippen MR) is 80.1 cm³/mol. The van der Waals surface area contributed by atoms with Crippen molar-refractivity contribution in [2.24, 2.45) is 0 Å². The molecule has 0 saturated heterocycles. The summed E-state index contributed by atoms with van der Waals surface area (Å²) < 4.78 is 0. The molecule has 0 heterocycles. The van der Waals surface area contributed by atoms with Crippen molar-refractivity contribution in [3.8, 4) is 0 Å². The molecular formula is C14H11BrN2O3. The van der Waals surface area contributed by atoms with Crippen LogP contribution in [0.25, 0.3) is 0 Å². The quantitative estimate of drug-likeness (QED) is 0.525. The van der Waals surface area contributed by atoms with E-state index in [0.29, 0.717) is 10.9 Å². The van der Waals surface area contributed by atoms with Crippen molar-refractivity contribution in [1.29, 1.82) is 0 Å². The Labute approximate surface area is 123 Å². The number of hydrogen-bond acceptors (Lipinski definition) is 3. The Hall–Kier alpha value is -2.21. The summed E-state index contributed by atoms with van der Waals surface area (Å²) in [6, 6.07) is 13.3. The van der Waals surface area contributed by atoms with Gasteiger partial charge in [0.15, 0.2) is 0 Å². The molecule has 0 aliphatic rings. The first-order chi connectivity index (χ1) is 9.61. The molecule has 0 atom stereocenters. The molecule has 0 aliphatic carbocycles. The summed E-state index contributed by atoms with van der Waals surface area (Å²) in [6.07, 6.45) is 0. The summed E-state index contributed by atoms with van der Waals surface area (Å²) in [5, 5.41) is 14.1. The summed E-state index contributed by atoms with van der Waals surface area (Å²) >= 11 is 3.24. The molecule has 1 N–H and O–H groups in total. The second-order valence-electron chi connectivity index (χ2n) is 4.06. The second kappa shape index (κ2) is 6.29. The first kappa shape index (κ1) is 14.2. The average molecular weight is 335 g/mol. The van der Waals surface area contributed by atoms with Gasteiger partial charge in [-0.15, -0.1) is 0 Å². The van der Waals surface area contributed by atoms with Gasteiger partial charge in [-0.3, -0.25) is 14.9 Å². The van der Waals surface area contributed by atoms with Gasteiger partial charge >= 0.3 is 0 Å². The number of halogens is 1. The molecule has 0 fully saturated rings. The molecule has 2 aromatic rings. The zero-order valence-electron chi connectivity index (χ0n) is 10.4. The summed E-state index contributed by atoms with van der Waals surface area (Å²) in [5.41, 5.74) is 1.29. The van der Waals surface area contributed by atoms with Crippen molar-refractivity contribution in [3.05, 3.63) is 69.8 Å². The van der Waals surface area contributed by atoms with Crippen LogP contribution in [0.4, 0.5) is 11.4 Å². The fourth-order valence-electron chi connectivity index (χ4n) is 1.70. The smallest absolute Gasteiger partial charge is 0.293 e. The molecule has 0 saturated carbocycles. The van der Waals surface area contributed by atoms with Crippen LogP contribution in [-0.4, -0.2) is 10.8 Å². The summed E-state index contributed by atoms with van der Waals surface area (Å²) in [5.74, 6) is -0.375. The van der Waals surface area contributed by atoms with Crippen LogP contribution in [0.15, 0.2) is 48.5 Å². The lowest BCUT2D eigenvalue weighted by Crippen LogP contribution is -2.13. The van der Waals surface area contributed by atoms with Gasteiger partial charge in [-0.1, -0.05) is 40.2 Å². The average Bonchev–Trinajstić information content (AvgIpc) is 2.48. The fourth-order valence-corrected chi connectivity index (χ4v) is 2.05. The van der Waals surface area contributed by atoms with Crippen LogP contribution in [0.1, 0.15) is 15.9 Å². The topological polar surface area (TPSA) is 72.2 Å². The van der Waals surface area contributed by atoms with Crippen LogP contribution in [0.3, 0.4) is 0 Å². The van der Waals surface area contributed by atoms with Gasteiger partial charge in [-0.05, 0) is 23.8 Å².